The summed E-state index contributed by atoms with van der Waals surface area (Å²) in [6, 6.07) is 0. The Morgan fingerprint density at radius 3 is 1.69 bits per heavy atom. The molecule has 0 spiro atoms. The van der Waals surface area contributed by atoms with E-state index in [0.29, 0.717) is 0 Å². The van der Waals surface area contributed by atoms with Gasteiger partial charge in [0.15, 0.2) is 0 Å². The summed E-state index contributed by atoms with van der Waals surface area (Å²) in [6.45, 7) is 4.28. The first-order valence-corrected chi connectivity index (χ1v) is 8.05. The van der Waals surface area contributed by atoms with Crippen LogP contribution in [0.25, 0.3) is 0 Å². The summed E-state index contributed by atoms with van der Waals surface area (Å²) in [5, 5.41) is -0.185. The lowest BCUT2D eigenvalue weighted by Crippen LogP contribution is -2.31. The van der Waals surface area contributed by atoms with Gasteiger partial charge in [-0.15, -0.1) is 0 Å². The lowest BCUT2D eigenvalue weighted by molar-refractivity contribution is 0.524. The predicted octanol–water partition coefficient (Wildman–Crippen LogP) is 3.06. The number of hydrogen-bond donors (Lipinski definition) is 1. The molecule has 0 heterocycles. The first-order chi connectivity index (χ1) is 7.58. The fourth-order valence-corrected chi connectivity index (χ4v) is 3.15. The quantitative estimate of drug-likeness (QED) is 0.605. The molecule has 3 nitrogen and oxygen atoms in total. The number of unbranched alkanes of at least 4 members (excludes halogenated alkanes) is 4. The van der Waals surface area contributed by atoms with Crippen LogP contribution in [0.15, 0.2) is 0 Å². The van der Waals surface area contributed by atoms with E-state index in [9.17, 15) is 8.42 Å². The van der Waals surface area contributed by atoms with E-state index in [0.717, 1.165) is 51.4 Å². The highest BCUT2D eigenvalue weighted by atomic mass is 32.2. The minimum atomic E-state index is -3.07. The summed E-state index contributed by atoms with van der Waals surface area (Å²) < 4.78 is 26.0. The molecule has 0 saturated carbocycles. The van der Waals surface area contributed by atoms with Gasteiger partial charge in [-0.2, -0.15) is 0 Å². The van der Waals surface area contributed by atoms with Crippen LogP contribution in [-0.4, -0.2) is 20.7 Å². The zero-order chi connectivity index (χ0) is 12.4. The van der Waals surface area contributed by atoms with Gasteiger partial charge in [0.2, 0.25) is 10.0 Å². The van der Waals surface area contributed by atoms with Gasteiger partial charge in [-0.05, 0) is 19.9 Å². The molecule has 0 aromatic rings. The summed E-state index contributed by atoms with van der Waals surface area (Å²) in [5.41, 5.74) is 0. The van der Waals surface area contributed by atoms with E-state index in [4.69, 9.17) is 0 Å². The van der Waals surface area contributed by atoms with Crippen molar-refractivity contribution in [2.75, 3.05) is 7.05 Å². The third kappa shape index (κ3) is 6.48. The predicted molar refractivity (Wildman–Crippen MR) is 70.1 cm³/mol. The van der Waals surface area contributed by atoms with E-state index in [-0.39, 0.29) is 5.25 Å². The second-order valence-electron chi connectivity index (χ2n) is 4.36. The Morgan fingerprint density at radius 1 is 0.938 bits per heavy atom. The highest BCUT2D eigenvalue weighted by molar-refractivity contribution is 7.90. The van der Waals surface area contributed by atoms with Crippen molar-refractivity contribution in [1.82, 2.24) is 4.72 Å². The van der Waals surface area contributed by atoms with Crippen LogP contribution in [0.5, 0.6) is 0 Å². The van der Waals surface area contributed by atoms with E-state index in [2.05, 4.69) is 18.6 Å². The molecule has 0 aliphatic rings. The van der Waals surface area contributed by atoms with Crippen LogP contribution < -0.4 is 4.72 Å². The van der Waals surface area contributed by atoms with Crippen molar-refractivity contribution in [1.29, 1.82) is 0 Å². The lowest BCUT2D eigenvalue weighted by Gasteiger charge is -2.16. The molecule has 0 aliphatic carbocycles. The number of sulfonamides is 1. The van der Waals surface area contributed by atoms with Crippen LogP contribution >= 0.6 is 0 Å². The van der Waals surface area contributed by atoms with Gasteiger partial charge in [0.1, 0.15) is 0 Å². The molecule has 0 aromatic carbocycles. The van der Waals surface area contributed by atoms with Crippen molar-refractivity contribution >= 4 is 10.0 Å². The smallest absolute Gasteiger partial charge is 0.214 e. The normalized spacial score (nSPS) is 12.2. The first kappa shape index (κ1) is 15.9. The Hall–Kier alpha value is -0.0900. The van der Waals surface area contributed by atoms with E-state index in [1.807, 2.05) is 0 Å². The Balaban J connectivity index is 4.16. The maximum absolute atomic E-state index is 11.8. The van der Waals surface area contributed by atoms with Gasteiger partial charge in [0, 0.05) is 0 Å². The lowest BCUT2D eigenvalue weighted by atomic mass is 10.1. The molecule has 1 N–H and O–H groups in total. The van der Waals surface area contributed by atoms with E-state index < -0.39 is 10.0 Å². The molecule has 16 heavy (non-hydrogen) atoms. The fraction of sp³-hybridized carbons (Fsp3) is 1.00. The Kier molecular flexibility index (Phi) is 8.94. The van der Waals surface area contributed by atoms with Crippen LogP contribution in [0.4, 0.5) is 0 Å². The Morgan fingerprint density at radius 2 is 1.38 bits per heavy atom. The second-order valence-corrected chi connectivity index (χ2v) is 6.53. The maximum atomic E-state index is 11.8. The van der Waals surface area contributed by atoms with E-state index >= 15 is 0 Å². The molecule has 0 radical (unpaired) electrons. The van der Waals surface area contributed by atoms with Gasteiger partial charge in [0.05, 0.1) is 5.25 Å². The summed E-state index contributed by atoms with van der Waals surface area (Å²) in [6.07, 6.45) is 8.19. The average molecular weight is 249 g/mol. The third-order valence-electron chi connectivity index (χ3n) is 2.98. The second kappa shape index (κ2) is 8.99. The summed E-state index contributed by atoms with van der Waals surface area (Å²) in [4.78, 5) is 0. The molecule has 0 fully saturated rings. The van der Waals surface area contributed by atoms with Crippen LogP contribution in [0, 0.1) is 0 Å². The summed E-state index contributed by atoms with van der Waals surface area (Å²) in [7, 11) is -1.56. The van der Waals surface area contributed by atoms with Gasteiger partial charge in [-0.1, -0.05) is 52.4 Å². The monoisotopic (exact) mass is 249 g/mol. The van der Waals surface area contributed by atoms with E-state index in [1.165, 1.54) is 7.05 Å². The molecular weight excluding hydrogens is 222 g/mol. The van der Waals surface area contributed by atoms with Gasteiger partial charge in [0.25, 0.3) is 0 Å². The average Bonchev–Trinajstić information content (AvgIpc) is 2.27. The molecule has 0 unspecified atom stereocenters. The molecule has 98 valence electrons. The van der Waals surface area contributed by atoms with Crippen LogP contribution in [0.2, 0.25) is 0 Å². The van der Waals surface area contributed by atoms with Crippen LogP contribution in [0.3, 0.4) is 0 Å². The Labute approximate surface area is 101 Å². The molecule has 0 aliphatic heterocycles. The number of rotatable bonds is 10. The minimum absolute atomic E-state index is 0.185. The van der Waals surface area contributed by atoms with Crippen LogP contribution in [0.1, 0.15) is 65.2 Å². The van der Waals surface area contributed by atoms with Crippen molar-refractivity contribution in [3.05, 3.63) is 0 Å². The molecular formula is C12H27NO2S. The third-order valence-corrected chi connectivity index (χ3v) is 4.90. The SMILES string of the molecule is CCCCCC(CCCCC)S(=O)(=O)NC. The standard InChI is InChI=1S/C12H27NO2S/c1-4-6-8-10-12(11-9-7-5-2)16(14,15)13-3/h12-13H,4-11H2,1-3H3. The van der Waals surface area contributed by atoms with Crippen molar-refractivity contribution in [3.8, 4) is 0 Å². The highest BCUT2D eigenvalue weighted by Crippen LogP contribution is 2.17. The molecule has 0 rings (SSSR count). The van der Waals surface area contributed by atoms with E-state index in [1.54, 1.807) is 0 Å². The van der Waals surface area contributed by atoms with Crippen LogP contribution in [-0.2, 0) is 10.0 Å². The zero-order valence-corrected chi connectivity index (χ0v) is 11.8. The van der Waals surface area contributed by atoms with Crippen molar-refractivity contribution in [2.45, 2.75) is 70.5 Å². The molecule has 0 atom stereocenters. The topological polar surface area (TPSA) is 46.2 Å². The fourth-order valence-electron chi connectivity index (χ4n) is 1.87. The van der Waals surface area contributed by atoms with Crippen molar-refractivity contribution in [3.63, 3.8) is 0 Å². The molecule has 0 aromatic heterocycles. The number of nitrogens with one attached hydrogen (secondary N) is 1. The number of hydrogen-bond acceptors (Lipinski definition) is 2. The van der Waals surface area contributed by atoms with Gasteiger partial charge in [-0.25, -0.2) is 13.1 Å². The highest BCUT2D eigenvalue weighted by Gasteiger charge is 2.22. The van der Waals surface area contributed by atoms with Crippen molar-refractivity contribution in [2.24, 2.45) is 0 Å². The largest absolute Gasteiger partial charge is 0.218 e. The maximum Gasteiger partial charge on any atom is 0.214 e. The molecule has 0 amide bonds. The molecule has 0 saturated heterocycles. The molecule has 0 bridgehead atoms. The van der Waals surface area contributed by atoms with Crippen molar-refractivity contribution < 1.29 is 8.42 Å². The summed E-state index contributed by atoms with van der Waals surface area (Å²) in [5.74, 6) is 0. The zero-order valence-electron chi connectivity index (χ0n) is 11.0. The first-order valence-electron chi connectivity index (χ1n) is 6.50. The van der Waals surface area contributed by atoms with Gasteiger partial charge < -0.3 is 0 Å². The van der Waals surface area contributed by atoms with Gasteiger partial charge >= 0.3 is 0 Å². The van der Waals surface area contributed by atoms with Gasteiger partial charge in [-0.3, -0.25) is 0 Å². The summed E-state index contributed by atoms with van der Waals surface area (Å²) >= 11 is 0. The molecule has 4 heteroatoms. The Bertz CT molecular complexity index is 240. The minimum Gasteiger partial charge on any atom is -0.218 e.